The summed E-state index contributed by atoms with van der Waals surface area (Å²) in [6.07, 6.45) is 9.02. The lowest BCUT2D eigenvalue weighted by atomic mass is 9.90. The van der Waals surface area contributed by atoms with Crippen LogP contribution in [0.15, 0.2) is 24.4 Å². The molecule has 2 heterocycles. The predicted molar refractivity (Wildman–Crippen MR) is 98.9 cm³/mol. The standard InChI is InChI=1S/C21H27N3O/c1-15-13-23(2)20(22-15)19-8-5-11-24(14-19)21(25)18-10-9-16-6-3-4-7-17(16)12-18/h9-10,12-13,19H,3-8,11,14H2,1-2H3/t19-/m1/s1. The van der Waals surface area contributed by atoms with Crippen molar-refractivity contribution in [1.82, 2.24) is 14.5 Å². The van der Waals surface area contributed by atoms with Crippen LogP contribution in [-0.2, 0) is 19.9 Å². The third kappa shape index (κ3) is 3.22. The van der Waals surface area contributed by atoms with E-state index in [4.69, 9.17) is 0 Å². The van der Waals surface area contributed by atoms with Crippen molar-refractivity contribution in [3.63, 3.8) is 0 Å². The van der Waals surface area contributed by atoms with Crippen LogP contribution in [0.3, 0.4) is 0 Å². The second-order valence-corrected chi connectivity index (χ2v) is 7.63. The van der Waals surface area contributed by atoms with Gasteiger partial charge in [-0.3, -0.25) is 4.79 Å². The number of aryl methyl sites for hydroxylation is 4. The fourth-order valence-corrected chi connectivity index (χ4v) is 4.44. The van der Waals surface area contributed by atoms with Crippen molar-refractivity contribution in [2.75, 3.05) is 13.1 Å². The maximum absolute atomic E-state index is 13.1. The van der Waals surface area contributed by atoms with Crippen molar-refractivity contribution >= 4 is 5.91 Å². The summed E-state index contributed by atoms with van der Waals surface area (Å²) in [5.41, 5.74) is 4.72. The van der Waals surface area contributed by atoms with Gasteiger partial charge in [-0.15, -0.1) is 0 Å². The van der Waals surface area contributed by atoms with Crippen LogP contribution in [0.1, 0.15) is 64.6 Å². The Morgan fingerprint density at radius 3 is 2.72 bits per heavy atom. The topological polar surface area (TPSA) is 38.1 Å². The summed E-state index contributed by atoms with van der Waals surface area (Å²) in [4.78, 5) is 19.8. The van der Waals surface area contributed by atoms with Crippen molar-refractivity contribution in [3.05, 3.63) is 52.6 Å². The molecule has 1 fully saturated rings. The number of benzene rings is 1. The van der Waals surface area contributed by atoms with Gasteiger partial charge >= 0.3 is 0 Å². The maximum Gasteiger partial charge on any atom is 0.253 e. The largest absolute Gasteiger partial charge is 0.338 e. The molecular weight excluding hydrogens is 310 g/mol. The van der Waals surface area contributed by atoms with Gasteiger partial charge in [0, 0.05) is 37.8 Å². The first kappa shape index (κ1) is 16.4. The molecule has 0 spiro atoms. The number of aromatic nitrogens is 2. The fraction of sp³-hybridized carbons (Fsp3) is 0.524. The maximum atomic E-state index is 13.1. The molecule has 4 heteroatoms. The molecule has 0 N–H and O–H groups in total. The summed E-state index contributed by atoms with van der Waals surface area (Å²) >= 11 is 0. The van der Waals surface area contributed by atoms with Crippen LogP contribution in [-0.4, -0.2) is 33.4 Å². The SMILES string of the molecule is Cc1cn(C)c([C@@H]2CCCN(C(=O)c3ccc4c(c3)CCCC4)C2)n1. The molecular formula is C21H27N3O. The number of fused-ring (bicyclic) bond motifs is 1. The molecule has 2 aromatic rings. The Morgan fingerprint density at radius 1 is 1.16 bits per heavy atom. The highest BCUT2D eigenvalue weighted by atomic mass is 16.2. The zero-order valence-electron chi connectivity index (χ0n) is 15.3. The molecule has 1 aliphatic carbocycles. The number of carbonyl (C=O) groups is 1. The zero-order chi connectivity index (χ0) is 17.4. The fourth-order valence-electron chi connectivity index (χ4n) is 4.44. The Morgan fingerprint density at radius 2 is 1.96 bits per heavy atom. The normalized spacial score (nSPS) is 20.4. The average Bonchev–Trinajstić information content (AvgIpc) is 2.99. The third-order valence-electron chi connectivity index (χ3n) is 5.70. The minimum absolute atomic E-state index is 0.184. The minimum atomic E-state index is 0.184. The van der Waals surface area contributed by atoms with Gasteiger partial charge in [-0.2, -0.15) is 0 Å². The quantitative estimate of drug-likeness (QED) is 0.839. The molecule has 0 unspecified atom stereocenters. The molecule has 0 bridgehead atoms. The first-order valence-electron chi connectivity index (χ1n) is 9.53. The van der Waals surface area contributed by atoms with E-state index in [1.54, 1.807) is 0 Å². The van der Waals surface area contributed by atoms with Gasteiger partial charge in [0.15, 0.2) is 0 Å². The number of nitrogens with zero attached hydrogens (tertiary/aromatic N) is 3. The number of carbonyl (C=O) groups excluding carboxylic acids is 1. The van der Waals surface area contributed by atoms with Crippen LogP contribution in [0.4, 0.5) is 0 Å². The Hall–Kier alpha value is -2.10. The van der Waals surface area contributed by atoms with Crippen molar-refractivity contribution in [2.24, 2.45) is 7.05 Å². The molecule has 1 saturated heterocycles. The molecule has 0 saturated carbocycles. The molecule has 0 radical (unpaired) electrons. The number of amides is 1. The third-order valence-corrected chi connectivity index (χ3v) is 5.70. The smallest absolute Gasteiger partial charge is 0.253 e. The molecule has 25 heavy (non-hydrogen) atoms. The van der Waals surface area contributed by atoms with Gasteiger partial charge in [0.2, 0.25) is 0 Å². The van der Waals surface area contributed by atoms with Crippen molar-refractivity contribution in [1.29, 1.82) is 0 Å². The van der Waals surface area contributed by atoms with Crippen molar-refractivity contribution in [3.8, 4) is 0 Å². The first-order valence-corrected chi connectivity index (χ1v) is 9.53. The molecule has 1 aromatic carbocycles. The predicted octanol–water partition coefficient (Wildman–Crippen LogP) is 3.63. The number of piperidine rings is 1. The monoisotopic (exact) mass is 337 g/mol. The van der Waals surface area contributed by atoms with Gasteiger partial charge < -0.3 is 9.47 Å². The van der Waals surface area contributed by atoms with Crippen LogP contribution < -0.4 is 0 Å². The average molecular weight is 337 g/mol. The van der Waals surface area contributed by atoms with Crippen LogP contribution >= 0.6 is 0 Å². The summed E-state index contributed by atoms with van der Waals surface area (Å²) < 4.78 is 2.12. The number of likely N-dealkylation sites (tertiary alicyclic amines) is 1. The highest BCUT2D eigenvalue weighted by molar-refractivity contribution is 5.94. The lowest BCUT2D eigenvalue weighted by molar-refractivity contribution is 0.0703. The summed E-state index contributed by atoms with van der Waals surface area (Å²) in [5.74, 6) is 1.64. The second-order valence-electron chi connectivity index (χ2n) is 7.63. The summed E-state index contributed by atoms with van der Waals surface area (Å²) in [6, 6.07) is 6.34. The lowest BCUT2D eigenvalue weighted by Gasteiger charge is -2.32. The Balaban J connectivity index is 1.53. The summed E-state index contributed by atoms with van der Waals surface area (Å²) in [7, 11) is 2.06. The molecule has 2 aliphatic rings. The Bertz CT molecular complexity index is 792. The first-order chi connectivity index (χ1) is 12.1. The van der Waals surface area contributed by atoms with Gasteiger partial charge in [-0.25, -0.2) is 4.98 Å². The molecule has 4 nitrogen and oxygen atoms in total. The molecule has 132 valence electrons. The van der Waals surface area contributed by atoms with E-state index in [0.717, 1.165) is 55.9 Å². The van der Waals surface area contributed by atoms with E-state index >= 15 is 0 Å². The zero-order valence-corrected chi connectivity index (χ0v) is 15.3. The second kappa shape index (κ2) is 6.66. The number of hydrogen-bond donors (Lipinski definition) is 0. The number of imidazole rings is 1. The van der Waals surface area contributed by atoms with E-state index in [2.05, 4.69) is 34.9 Å². The molecule has 1 amide bonds. The van der Waals surface area contributed by atoms with Crippen LogP contribution in [0.2, 0.25) is 0 Å². The highest BCUT2D eigenvalue weighted by Crippen LogP contribution is 2.28. The summed E-state index contributed by atoms with van der Waals surface area (Å²) in [6.45, 7) is 3.67. The number of rotatable bonds is 2. The van der Waals surface area contributed by atoms with Gasteiger partial charge in [-0.1, -0.05) is 6.07 Å². The highest BCUT2D eigenvalue weighted by Gasteiger charge is 2.28. The molecule has 4 rings (SSSR count). The van der Waals surface area contributed by atoms with Crippen LogP contribution in [0, 0.1) is 6.92 Å². The van der Waals surface area contributed by atoms with E-state index in [1.807, 2.05) is 17.9 Å². The Kier molecular flexibility index (Phi) is 4.36. The molecule has 1 atom stereocenters. The van der Waals surface area contributed by atoms with E-state index in [9.17, 15) is 4.79 Å². The van der Waals surface area contributed by atoms with Crippen LogP contribution in [0.25, 0.3) is 0 Å². The summed E-state index contributed by atoms with van der Waals surface area (Å²) in [5, 5.41) is 0. The van der Waals surface area contributed by atoms with Crippen molar-refractivity contribution < 1.29 is 4.79 Å². The van der Waals surface area contributed by atoms with E-state index in [1.165, 1.54) is 24.0 Å². The van der Waals surface area contributed by atoms with Crippen LogP contribution in [0.5, 0.6) is 0 Å². The van der Waals surface area contributed by atoms with E-state index in [-0.39, 0.29) is 5.91 Å². The lowest BCUT2D eigenvalue weighted by Crippen LogP contribution is -2.39. The van der Waals surface area contributed by atoms with Gasteiger partial charge in [0.1, 0.15) is 5.82 Å². The van der Waals surface area contributed by atoms with E-state index < -0.39 is 0 Å². The van der Waals surface area contributed by atoms with Gasteiger partial charge in [0.05, 0.1) is 5.69 Å². The minimum Gasteiger partial charge on any atom is -0.338 e. The van der Waals surface area contributed by atoms with Gasteiger partial charge in [0.25, 0.3) is 5.91 Å². The van der Waals surface area contributed by atoms with Crippen molar-refractivity contribution in [2.45, 2.75) is 51.4 Å². The number of hydrogen-bond acceptors (Lipinski definition) is 2. The van der Waals surface area contributed by atoms with Gasteiger partial charge in [-0.05, 0) is 68.7 Å². The van der Waals surface area contributed by atoms with E-state index in [0.29, 0.717) is 5.92 Å². The molecule has 1 aliphatic heterocycles. The Labute approximate surface area is 149 Å². The molecule has 1 aromatic heterocycles.